The number of hydrogen-bond acceptors (Lipinski definition) is 6. The second kappa shape index (κ2) is 10.4. The number of fused-ring (bicyclic) bond motifs is 1. The SMILES string of the molecule is CC(C)=C1C[C@@](CO)(COC(=O)CC[C@H]2Cc3cc(C#Cc4ccc(C)cc4)ccc3O2)OC1=O. The van der Waals surface area contributed by atoms with Crippen LogP contribution in [0.1, 0.15) is 55.4 Å². The Bertz CT molecular complexity index is 1210. The van der Waals surface area contributed by atoms with E-state index in [0.29, 0.717) is 18.4 Å². The van der Waals surface area contributed by atoms with Crippen LogP contribution in [0.25, 0.3) is 0 Å². The third kappa shape index (κ3) is 5.93. The minimum atomic E-state index is -1.20. The van der Waals surface area contributed by atoms with Crippen LogP contribution in [0.2, 0.25) is 0 Å². The topological polar surface area (TPSA) is 82.1 Å². The van der Waals surface area contributed by atoms with E-state index in [2.05, 4.69) is 11.8 Å². The quantitative estimate of drug-likeness (QED) is 0.387. The molecular formula is C29H30O6. The highest BCUT2D eigenvalue weighted by molar-refractivity contribution is 5.92. The first-order valence-corrected chi connectivity index (χ1v) is 11.8. The average molecular weight is 475 g/mol. The van der Waals surface area contributed by atoms with Crippen LogP contribution >= 0.6 is 0 Å². The zero-order chi connectivity index (χ0) is 25.0. The molecule has 0 bridgehead atoms. The van der Waals surface area contributed by atoms with Crippen molar-refractivity contribution in [1.82, 2.24) is 0 Å². The van der Waals surface area contributed by atoms with Crippen LogP contribution in [0.5, 0.6) is 5.75 Å². The smallest absolute Gasteiger partial charge is 0.334 e. The molecule has 2 heterocycles. The number of benzene rings is 2. The van der Waals surface area contributed by atoms with Gasteiger partial charge in [0.25, 0.3) is 0 Å². The molecule has 0 aliphatic carbocycles. The van der Waals surface area contributed by atoms with Crippen LogP contribution in [0.3, 0.4) is 0 Å². The van der Waals surface area contributed by atoms with E-state index in [-0.39, 0.29) is 25.6 Å². The number of esters is 2. The molecule has 2 aromatic carbocycles. The van der Waals surface area contributed by atoms with Crippen molar-refractivity contribution in [2.24, 2.45) is 0 Å². The van der Waals surface area contributed by atoms with E-state index in [1.54, 1.807) is 0 Å². The first kappa shape index (κ1) is 24.6. The zero-order valence-electron chi connectivity index (χ0n) is 20.3. The average Bonchev–Trinajstić information content (AvgIpc) is 3.41. The molecule has 1 saturated heterocycles. The summed E-state index contributed by atoms with van der Waals surface area (Å²) < 4.78 is 16.7. The Labute approximate surface area is 205 Å². The molecule has 6 nitrogen and oxygen atoms in total. The second-order valence-electron chi connectivity index (χ2n) is 9.47. The third-order valence-corrected chi connectivity index (χ3v) is 6.32. The van der Waals surface area contributed by atoms with Crippen molar-refractivity contribution >= 4 is 11.9 Å². The minimum absolute atomic E-state index is 0.119. The number of carbonyl (C=O) groups excluding carboxylic acids is 2. The fourth-order valence-corrected chi connectivity index (χ4v) is 4.19. The largest absolute Gasteiger partial charge is 0.490 e. The molecule has 35 heavy (non-hydrogen) atoms. The van der Waals surface area contributed by atoms with Crippen molar-refractivity contribution in [3.05, 3.63) is 75.9 Å². The standard InChI is InChI=1S/C29H30O6/c1-19(2)25-16-29(17-30,35-28(25)32)18-33-27(31)13-11-24-15-23-14-22(10-12-26(23)34-24)9-8-21-6-4-20(3)5-7-21/h4-7,10,12,14,24,30H,11,13,15-18H2,1-3H3/t24-,29+/m0/s1. The van der Waals surface area contributed by atoms with E-state index in [9.17, 15) is 14.7 Å². The first-order chi connectivity index (χ1) is 16.8. The molecule has 1 fully saturated rings. The van der Waals surface area contributed by atoms with E-state index in [1.807, 2.05) is 63.2 Å². The molecule has 0 radical (unpaired) electrons. The fraction of sp³-hybridized carbons (Fsp3) is 0.379. The summed E-state index contributed by atoms with van der Waals surface area (Å²) in [5.74, 6) is 6.32. The number of aliphatic hydroxyl groups is 1. The lowest BCUT2D eigenvalue weighted by Gasteiger charge is -2.24. The second-order valence-corrected chi connectivity index (χ2v) is 9.47. The Balaban J connectivity index is 1.27. The highest BCUT2D eigenvalue weighted by Gasteiger charge is 2.45. The van der Waals surface area contributed by atoms with Crippen molar-refractivity contribution in [1.29, 1.82) is 0 Å². The van der Waals surface area contributed by atoms with Gasteiger partial charge in [0.05, 0.1) is 6.61 Å². The molecule has 2 aliphatic heterocycles. The first-order valence-electron chi connectivity index (χ1n) is 11.8. The van der Waals surface area contributed by atoms with Crippen LogP contribution in [0.15, 0.2) is 53.6 Å². The predicted molar refractivity (Wildman–Crippen MR) is 131 cm³/mol. The van der Waals surface area contributed by atoms with Crippen LogP contribution in [0.4, 0.5) is 0 Å². The van der Waals surface area contributed by atoms with Crippen molar-refractivity contribution in [2.45, 2.75) is 58.2 Å². The Kier molecular flexibility index (Phi) is 7.28. The number of rotatable bonds is 6. The highest BCUT2D eigenvalue weighted by atomic mass is 16.6. The molecule has 182 valence electrons. The van der Waals surface area contributed by atoms with Gasteiger partial charge in [-0.2, -0.15) is 0 Å². The number of carbonyl (C=O) groups is 2. The molecule has 0 amide bonds. The predicted octanol–water partition coefficient (Wildman–Crippen LogP) is 4.04. The van der Waals surface area contributed by atoms with Crippen molar-refractivity contribution in [3.8, 4) is 17.6 Å². The minimum Gasteiger partial charge on any atom is -0.490 e. The summed E-state index contributed by atoms with van der Waals surface area (Å²) in [5, 5.41) is 9.76. The molecule has 0 aromatic heterocycles. The van der Waals surface area contributed by atoms with Gasteiger partial charge in [0, 0.05) is 36.0 Å². The summed E-state index contributed by atoms with van der Waals surface area (Å²) in [6.07, 6.45) is 1.48. The Morgan fingerprint density at radius 1 is 1.14 bits per heavy atom. The third-order valence-electron chi connectivity index (χ3n) is 6.32. The van der Waals surface area contributed by atoms with Gasteiger partial charge in [0.15, 0.2) is 5.60 Å². The molecule has 0 unspecified atom stereocenters. The summed E-state index contributed by atoms with van der Waals surface area (Å²) >= 11 is 0. The normalized spacial score (nSPS) is 20.4. The Morgan fingerprint density at radius 2 is 1.86 bits per heavy atom. The van der Waals surface area contributed by atoms with E-state index in [1.165, 1.54) is 5.56 Å². The van der Waals surface area contributed by atoms with E-state index < -0.39 is 24.1 Å². The van der Waals surface area contributed by atoms with Crippen LogP contribution in [0, 0.1) is 18.8 Å². The van der Waals surface area contributed by atoms with Gasteiger partial charge in [-0.25, -0.2) is 4.79 Å². The van der Waals surface area contributed by atoms with Gasteiger partial charge in [0.2, 0.25) is 0 Å². The zero-order valence-corrected chi connectivity index (χ0v) is 20.3. The molecule has 2 atom stereocenters. The summed E-state index contributed by atoms with van der Waals surface area (Å²) in [7, 11) is 0. The van der Waals surface area contributed by atoms with E-state index in [0.717, 1.165) is 28.0 Å². The fourth-order valence-electron chi connectivity index (χ4n) is 4.19. The summed E-state index contributed by atoms with van der Waals surface area (Å²) in [6, 6.07) is 14.0. The monoisotopic (exact) mass is 474 g/mol. The number of hydrogen-bond donors (Lipinski definition) is 1. The van der Waals surface area contributed by atoms with Gasteiger partial charge in [-0.1, -0.05) is 35.1 Å². The number of ether oxygens (including phenoxy) is 3. The van der Waals surface area contributed by atoms with Gasteiger partial charge in [-0.15, -0.1) is 0 Å². The van der Waals surface area contributed by atoms with E-state index in [4.69, 9.17) is 14.2 Å². The molecule has 0 spiro atoms. The van der Waals surface area contributed by atoms with Crippen LogP contribution < -0.4 is 4.74 Å². The van der Waals surface area contributed by atoms with Gasteiger partial charge in [0.1, 0.15) is 18.5 Å². The molecule has 2 aromatic rings. The Hall–Kier alpha value is -3.56. The Morgan fingerprint density at radius 3 is 2.54 bits per heavy atom. The number of aryl methyl sites for hydroxylation is 1. The van der Waals surface area contributed by atoms with Gasteiger partial charge >= 0.3 is 11.9 Å². The number of cyclic esters (lactones) is 1. The van der Waals surface area contributed by atoms with Crippen molar-refractivity contribution < 1.29 is 28.9 Å². The van der Waals surface area contributed by atoms with E-state index >= 15 is 0 Å². The number of aliphatic hydroxyl groups excluding tert-OH is 1. The molecule has 4 rings (SSSR count). The summed E-state index contributed by atoms with van der Waals surface area (Å²) in [5.41, 5.74) is 4.32. The lowest BCUT2D eigenvalue weighted by molar-refractivity contribution is -0.166. The van der Waals surface area contributed by atoms with Gasteiger partial charge in [-0.3, -0.25) is 4.79 Å². The van der Waals surface area contributed by atoms with Crippen molar-refractivity contribution in [3.63, 3.8) is 0 Å². The molecule has 6 heteroatoms. The van der Waals surface area contributed by atoms with Crippen LogP contribution in [-0.4, -0.2) is 42.0 Å². The maximum absolute atomic E-state index is 12.3. The molecule has 1 N–H and O–H groups in total. The molecular weight excluding hydrogens is 444 g/mol. The summed E-state index contributed by atoms with van der Waals surface area (Å²) in [4.78, 5) is 24.4. The van der Waals surface area contributed by atoms with Gasteiger partial charge < -0.3 is 19.3 Å². The van der Waals surface area contributed by atoms with Gasteiger partial charge in [-0.05, 0) is 63.1 Å². The highest BCUT2D eigenvalue weighted by Crippen LogP contribution is 2.33. The summed E-state index contributed by atoms with van der Waals surface area (Å²) in [6.45, 7) is 5.11. The lowest BCUT2D eigenvalue weighted by atomic mass is 9.97. The maximum atomic E-state index is 12.3. The molecule has 2 aliphatic rings. The lowest BCUT2D eigenvalue weighted by Crippen LogP contribution is -2.39. The molecule has 0 saturated carbocycles. The van der Waals surface area contributed by atoms with Crippen LogP contribution in [-0.2, 0) is 25.5 Å². The number of allylic oxidation sites excluding steroid dienone is 1. The maximum Gasteiger partial charge on any atom is 0.334 e. The van der Waals surface area contributed by atoms with Crippen molar-refractivity contribution in [2.75, 3.05) is 13.2 Å².